The van der Waals surface area contributed by atoms with Gasteiger partial charge in [0, 0.05) is 0 Å². The fourth-order valence-electron chi connectivity index (χ4n) is 0.532. The number of nitrogens with zero attached hydrogens (tertiary/aromatic N) is 1. The molecule has 0 aromatic carbocycles. The van der Waals surface area contributed by atoms with Gasteiger partial charge in [0.1, 0.15) is 10.9 Å². The molecule has 0 aliphatic heterocycles. The third-order valence-electron chi connectivity index (χ3n) is 1.20. The van der Waals surface area contributed by atoms with Gasteiger partial charge >= 0.3 is 5.97 Å². The molecular formula is C5H6N2O2S2. The van der Waals surface area contributed by atoms with Crippen LogP contribution in [0.2, 0.25) is 0 Å². The van der Waals surface area contributed by atoms with Gasteiger partial charge in [-0.1, -0.05) is 11.3 Å². The summed E-state index contributed by atoms with van der Waals surface area (Å²) in [7, 11) is 0. The van der Waals surface area contributed by atoms with Gasteiger partial charge < -0.3 is 5.11 Å². The van der Waals surface area contributed by atoms with Crippen molar-refractivity contribution in [1.29, 1.82) is 0 Å². The SMILES string of the molecule is C[C@@H](C(=O)O)c1n[nH]c(=S)s1. The summed E-state index contributed by atoms with van der Waals surface area (Å²) < 4.78 is 0.508. The fraction of sp³-hybridized carbons (Fsp3) is 0.400. The Labute approximate surface area is 71.9 Å². The van der Waals surface area contributed by atoms with Crippen LogP contribution in [0.15, 0.2) is 0 Å². The number of rotatable bonds is 2. The number of hydrogen-bond acceptors (Lipinski definition) is 4. The van der Waals surface area contributed by atoms with E-state index in [0.717, 1.165) is 0 Å². The Morgan fingerprint density at radius 1 is 1.91 bits per heavy atom. The lowest BCUT2D eigenvalue weighted by atomic mass is 10.2. The number of carboxylic acids is 1. The lowest BCUT2D eigenvalue weighted by Gasteiger charge is -1.97. The van der Waals surface area contributed by atoms with Gasteiger partial charge in [-0.2, -0.15) is 5.10 Å². The summed E-state index contributed by atoms with van der Waals surface area (Å²) in [5, 5.41) is 15.3. The van der Waals surface area contributed by atoms with E-state index in [2.05, 4.69) is 10.2 Å². The van der Waals surface area contributed by atoms with Crippen molar-refractivity contribution in [1.82, 2.24) is 10.2 Å². The number of carboxylic acid groups (broad SMARTS) is 1. The summed E-state index contributed by atoms with van der Waals surface area (Å²) in [6, 6.07) is 0. The van der Waals surface area contributed by atoms with Crippen molar-refractivity contribution in [2.75, 3.05) is 0 Å². The molecule has 0 radical (unpaired) electrons. The number of aliphatic carboxylic acids is 1. The second kappa shape index (κ2) is 3.10. The van der Waals surface area contributed by atoms with Gasteiger partial charge in [0.05, 0.1) is 0 Å². The minimum Gasteiger partial charge on any atom is -0.481 e. The molecule has 6 heteroatoms. The standard InChI is InChI=1S/C5H6N2O2S2/c1-2(4(8)9)3-6-7-5(10)11-3/h2H,1H3,(H,7,10)(H,8,9)/t2-/m1/s1. The summed E-state index contributed by atoms with van der Waals surface area (Å²) in [6.07, 6.45) is 0. The van der Waals surface area contributed by atoms with Crippen LogP contribution in [0, 0.1) is 3.95 Å². The lowest BCUT2D eigenvalue weighted by molar-refractivity contribution is -0.138. The monoisotopic (exact) mass is 190 g/mol. The average Bonchev–Trinajstić information content (AvgIpc) is 2.34. The van der Waals surface area contributed by atoms with Crippen LogP contribution >= 0.6 is 23.6 Å². The molecule has 1 atom stereocenters. The Kier molecular flexibility index (Phi) is 2.35. The molecule has 60 valence electrons. The quantitative estimate of drug-likeness (QED) is 0.691. The maximum atomic E-state index is 10.4. The van der Waals surface area contributed by atoms with Crippen molar-refractivity contribution in [3.05, 3.63) is 8.96 Å². The number of aromatic nitrogens is 2. The summed E-state index contributed by atoms with van der Waals surface area (Å²) >= 11 is 5.94. The van der Waals surface area contributed by atoms with Crippen LogP contribution in [-0.4, -0.2) is 21.3 Å². The highest BCUT2D eigenvalue weighted by molar-refractivity contribution is 7.73. The maximum absolute atomic E-state index is 10.4. The molecule has 0 aliphatic rings. The molecule has 0 aliphatic carbocycles. The Morgan fingerprint density at radius 2 is 2.55 bits per heavy atom. The number of carbonyl (C=O) groups is 1. The molecular weight excluding hydrogens is 184 g/mol. The van der Waals surface area contributed by atoms with Crippen LogP contribution in [0.5, 0.6) is 0 Å². The predicted molar refractivity (Wildman–Crippen MR) is 43.3 cm³/mol. The first-order valence-electron chi connectivity index (χ1n) is 2.89. The van der Waals surface area contributed by atoms with E-state index in [0.29, 0.717) is 8.96 Å². The lowest BCUT2D eigenvalue weighted by Crippen LogP contribution is -2.06. The molecule has 0 saturated carbocycles. The molecule has 11 heavy (non-hydrogen) atoms. The van der Waals surface area contributed by atoms with Gasteiger partial charge in [0.15, 0.2) is 3.95 Å². The Morgan fingerprint density at radius 3 is 2.91 bits per heavy atom. The van der Waals surface area contributed by atoms with Gasteiger partial charge in [-0.05, 0) is 19.1 Å². The average molecular weight is 190 g/mol. The second-order valence-corrected chi connectivity index (χ2v) is 3.71. The van der Waals surface area contributed by atoms with Crippen LogP contribution in [-0.2, 0) is 4.79 Å². The number of aromatic amines is 1. The van der Waals surface area contributed by atoms with Crippen molar-refractivity contribution >= 4 is 29.5 Å². The highest BCUT2D eigenvalue weighted by atomic mass is 32.1. The maximum Gasteiger partial charge on any atom is 0.313 e. The minimum absolute atomic E-state index is 0.508. The summed E-state index contributed by atoms with van der Waals surface area (Å²) in [6.45, 7) is 1.57. The van der Waals surface area contributed by atoms with E-state index in [9.17, 15) is 4.79 Å². The molecule has 1 heterocycles. The Hall–Kier alpha value is -0.750. The van der Waals surface area contributed by atoms with Gasteiger partial charge in [-0.15, -0.1) is 0 Å². The zero-order chi connectivity index (χ0) is 8.43. The first-order chi connectivity index (χ1) is 5.11. The van der Waals surface area contributed by atoms with E-state index >= 15 is 0 Å². The predicted octanol–water partition coefficient (Wildman–Crippen LogP) is 1.39. The highest BCUT2D eigenvalue weighted by Crippen LogP contribution is 2.16. The molecule has 0 spiro atoms. The van der Waals surface area contributed by atoms with Gasteiger partial charge in [0.25, 0.3) is 0 Å². The molecule has 0 saturated heterocycles. The molecule has 1 aromatic rings. The largest absolute Gasteiger partial charge is 0.481 e. The summed E-state index contributed by atoms with van der Waals surface area (Å²) in [4.78, 5) is 10.4. The summed E-state index contributed by atoms with van der Waals surface area (Å²) in [5.74, 6) is -1.46. The number of hydrogen-bond donors (Lipinski definition) is 2. The second-order valence-electron chi connectivity index (χ2n) is 2.01. The molecule has 0 fully saturated rings. The molecule has 1 rings (SSSR count). The molecule has 4 nitrogen and oxygen atoms in total. The van der Waals surface area contributed by atoms with Crippen molar-refractivity contribution < 1.29 is 9.90 Å². The van der Waals surface area contributed by atoms with E-state index in [-0.39, 0.29) is 0 Å². The first-order valence-corrected chi connectivity index (χ1v) is 4.12. The number of nitrogens with one attached hydrogen (secondary N) is 1. The van der Waals surface area contributed by atoms with Crippen molar-refractivity contribution in [3.8, 4) is 0 Å². The number of H-pyrrole nitrogens is 1. The van der Waals surface area contributed by atoms with Crippen molar-refractivity contribution in [2.24, 2.45) is 0 Å². The van der Waals surface area contributed by atoms with Gasteiger partial charge in [-0.3, -0.25) is 9.89 Å². The van der Waals surface area contributed by atoms with Crippen LogP contribution in [0.25, 0.3) is 0 Å². The zero-order valence-electron chi connectivity index (χ0n) is 5.70. The van der Waals surface area contributed by atoms with Gasteiger partial charge in [-0.25, -0.2) is 0 Å². The van der Waals surface area contributed by atoms with E-state index in [4.69, 9.17) is 17.3 Å². The smallest absolute Gasteiger partial charge is 0.313 e. The van der Waals surface area contributed by atoms with Crippen molar-refractivity contribution in [2.45, 2.75) is 12.8 Å². The van der Waals surface area contributed by atoms with Crippen molar-refractivity contribution in [3.63, 3.8) is 0 Å². The van der Waals surface area contributed by atoms with E-state index in [1.54, 1.807) is 6.92 Å². The first kappa shape index (κ1) is 8.35. The van der Waals surface area contributed by atoms with Crippen LogP contribution in [0.1, 0.15) is 17.8 Å². The van der Waals surface area contributed by atoms with Crippen LogP contribution in [0.3, 0.4) is 0 Å². The fourth-order valence-corrected chi connectivity index (χ4v) is 1.48. The molecule has 0 bridgehead atoms. The van der Waals surface area contributed by atoms with E-state index < -0.39 is 11.9 Å². The zero-order valence-corrected chi connectivity index (χ0v) is 7.33. The van der Waals surface area contributed by atoms with Gasteiger partial charge in [0.2, 0.25) is 0 Å². The normalized spacial score (nSPS) is 12.8. The Bertz CT molecular complexity index is 316. The Balaban J connectivity index is 2.93. The van der Waals surface area contributed by atoms with E-state index in [1.807, 2.05) is 0 Å². The molecule has 2 N–H and O–H groups in total. The third-order valence-corrected chi connectivity index (χ3v) is 2.47. The molecule has 0 amide bonds. The third kappa shape index (κ3) is 1.84. The summed E-state index contributed by atoms with van der Waals surface area (Å²) in [5.41, 5.74) is 0. The highest BCUT2D eigenvalue weighted by Gasteiger charge is 2.16. The molecule has 1 aromatic heterocycles. The van der Waals surface area contributed by atoms with Crippen LogP contribution < -0.4 is 0 Å². The minimum atomic E-state index is -0.886. The van der Waals surface area contributed by atoms with Crippen LogP contribution in [0.4, 0.5) is 0 Å². The van der Waals surface area contributed by atoms with E-state index in [1.165, 1.54) is 11.3 Å². The topological polar surface area (TPSA) is 66.0 Å². The molecule has 0 unspecified atom stereocenters.